The summed E-state index contributed by atoms with van der Waals surface area (Å²) in [6.07, 6.45) is 3.92. The minimum Gasteiger partial charge on any atom is -0.130 e. The van der Waals surface area contributed by atoms with E-state index in [1.54, 1.807) is 11.8 Å². The molecule has 0 nitrogen and oxygen atoms in total. The van der Waals surface area contributed by atoms with Crippen LogP contribution in [0.15, 0.2) is 34.1 Å². The van der Waals surface area contributed by atoms with Gasteiger partial charge in [0.25, 0.3) is 0 Å². The van der Waals surface area contributed by atoms with Crippen LogP contribution in [0.3, 0.4) is 0 Å². The second kappa shape index (κ2) is 3.98. The Labute approximate surface area is 79.8 Å². The zero-order valence-corrected chi connectivity index (χ0v) is 8.71. The van der Waals surface area contributed by atoms with Gasteiger partial charge in [-0.2, -0.15) is 0 Å². The minimum absolute atomic E-state index is 1.10. The van der Waals surface area contributed by atoms with E-state index in [4.69, 9.17) is 0 Å². The van der Waals surface area contributed by atoms with Crippen LogP contribution in [-0.4, -0.2) is 6.26 Å². The van der Waals surface area contributed by atoms with Crippen molar-refractivity contribution in [3.8, 4) is 0 Å². The second-order valence-corrected chi connectivity index (χ2v) is 3.83. The molecule has 1 aromatic carbocycles. The van der Waals surface area contributed by atoms with Crippen molar-refractivity contribution in [3.05, 3.63) is 34.8 Å². The zero-order valence-electron chi connectivity index (χ0n) is 6.30. The number of thioether (sulfide) groups is 1. The normalized spacial score (nSPS) is 9.64. The largest absolute Gasteiger partial charge is 0.130 e. The summed E-state index contributed by atoms with van der Waals surface area (Å²) in [6, 6.07) is 6.24. The molecule has 0 heterocycles. The average molecular weight is 229 g/mol. The lowest BCUT2D eigenvalue weighted by Crippen LogP contribution is -1.76. The van der Waals surface area contributed by atoms with Crippen molar-refractivity contribution >= 4 is 33.8 Å². The number of benzene rings is 1. The van der Waals surface area contributed by atoms with Gasteiger partial charge in [0, 0.05) is 9.37 Å². The van der Waals surface area contributed by atoms with Gasteiger partial charge in [0.1, 0.15) is 0 Å². The van der Waals surface area contributed by atoms with E-state index in [9.17, 15) is 0 Å². The van der Waals surface area contributed by atoms with Crippen molar-refractivity contribution in [1.29, 1.82) is 0 Å². The van der Waals surface area contributed by atoms with Crippen LogP contribution < -0.4 is 0 Å². The van der Waals surface area contributed by atoms with E-state index in [1.165, 1.54) is 4.90 Å². The summed E-state index contributed by atoms with van der Waals surface area (Å²) in [5.41, 5.74) is 1.15. The Hall–Kier alpha value is -0.210. The molecule has 0 aliphatic heterocycles. The van der Waals surface area contributed by atoms with E-state index in [2.05, 4.69) is 40.9 Å². The fourth-order valence-electron chi connectivity index (χ4n) is 0.805. The molecular weight excluding hydrogens is 220 g/mol. The first-order valence-electron chi connectivity index (χ1n) is 3.24. The molecule has 0 saturated heterocycles. The van der Waals surface area contributed by atoms with Crippen LogP contribution in [0.4, 0.5) is 0 Å². The maximum absolute atomic E-state index is 3.73. The van der Waals surface area contributed by atoms with Gasteiger partial charge in [0.15, 0.2) is 0 Å². The van der Waals surface area contributed by atoms with Crippen molar-refractivity contribution in [1.82, 2.24) is 0 Å². The molecule has 0 spiro atoms. The molecule has 0 bridgehead atoms. The predicted octanol–water partition coefficient (Wildman–Crippen LogP) is 3.81. The minimum atomic E-state index is 1.10. The Bertz CT molecular complexity index is 268. The third-order valence-corrected chi connectivity index (χ3v) is 2.87. The van der Waals surface area contributed by atoms with E-state index in [0.717, 1.165) is 10.0 Å². The zero-order chi connectivity index (χ0) is 8.27. The van der Waals surface area contributed by atoms with Gasteiger partial charge < -0.3 is 0 Å². The van der Waals surface area contributed by atoms with Gasteiger partial charge >= 0.3 is 0 Å². The fraction of sp³-hybridized carbons (Fsp3) is 0.111. The highest BCUT2D eigenvalue weighted by atomic mass is 79.9. The smallest absolute Gasteiger partial charge is 0.0248 e. The van der Waals surface area contributed by atoms with Gasteiger partial charge in [-0.15, -0.1) is 11.8 Å². The van der Waals surface area contributed by atoms with E-state index in [-0.39, 0.29) is 0 Å². The lowest BCUT2D eigenvalue weighted by atomic mass is 10.2. The topological polar surface area (TPSA) is 0 Å². The fourth-order valence-corrected chi connectivity index (χ4v) is 1.66. The van der Waals surface area contributed by atoms with E-state index in [1.807, 2.05) is 12.1 Å². The van der Waals surface area contributed by atoms with Crippen LogP contribution >= 0.6 is 27.7 Å². The Morgan fingerprint density at radius 2 is 2.27 bits per heavy atom. The third kappa shape index (κ3) is 2.11. The molecule has 0 aliphatic carbocycles. The van der Waals surface area contributed by atoms with Gasteiger partial charge in [-0.3, -0.25) is 0 Å². The first kappa shape index (κ1) is 8.88. The summed E-state index contributed by atoms with van der Waals surface area (Å²) in [5.74, 6) is 0. The average Bonchev–Trinajstić information content (AvgIpc) is 2.05. The van der Waals surface area contributed by atoms with Crippen LogP contribution in [0, 0.1) is 0 Å². The molecule has 0 aromatic heterocycles. The van der Waals surface area contributed by atoms with Crippen LogP contribution in [0.5, 0.6) is 0 Å². The number of hydrogen-bond donors (Lipinski definition) is 0. The van der Waals surface area contributed by atoms with Crippen LogP contribution in [-0.2, 0) is 0 Å². The van der Waals surface area contributed by atoms with Crippen LogP contribution in [0.25, 0.3) is 6.08 Å². The second-order valence-electron chi connectivity index (χ2n) is 2.09. The predicted molar refractivity (Wildman–Crippen MR) is 56.0 cm³/mol. The van der Waals surface area contributed by atoms with E-state index in [0.29, 0.717) is 0 Å². The third-order valence-electron chi connectivity index (χ3n) is 1.42. The van der Waals surface area contributed by atoms with Crippen molar-refractivity contribution < 1.29 is 0 Å². The highest BCUT2D eigenvalue weighted by Crippen LogP contribution is 2.23. The van der Waals surface area contributed by atoms with Gasteiger partial charge in [-0.25, -0.2) is 0 Å². The molecule has 2 heteroatoms. The Morgan fingerprint density at radius 1 is 1.55 bits per heavy atom. The van der Waals surface area contributed by atoms with Gasteiger partial charge in [-0.05, 0) is 30.0 Å². The Morgan fingerprint density at radius 3 is 2.82 bits per heavy atom. The first-order valence-corrected chi connectivity index (χ1v) is 5.25. The molecule has 0 unspecified atom stereocenters. The van der Waals surface area contributed by atoms with E-state index < -0.39 is 0 Å². The molecule has 0 radical (unpaired) electrons. The molecule has 0 N–H and O–H groups in total. The molecule has 0 fully saturated rings. The molecule has 0 aliphatic rings. The Kier molecular flexibility index (Phi) is 3.21. The number of rotatable bonds is 2. The van der Waals surface area contributed by atoms with Gasteiger partial charge in [0.05, 0.1) is 0 Å². The summed E-state index contributed by atoms with van der Waals surface area (Å²) in [5, 5.41) is 0. The summed E-state index contributed by atoms with van der Waals surface area (Å²) in [7, 11) is 0. The molecule has 1 rings (SSSR count). The first-order chi connectivity index (χ1) is 5.27. The summed E-state index contributed by atoms with van der Waals surface area (Å²) in [6.45, 7) is 3.73. The van der Waals surface area contributed by atoms with Crippen molar-refractivity contribution in [3.63, 3.8) is 0 Å². The molecule has 0 amide bonds. The number of halogens is 1. The maximum atomic E-state index is 3.73. The highest BCUT2D eigenvalue weighted by molar-refractivity contribution is 9.10. The lowest BCUT2D eigenvalue weighted by molar-refractivity contribution is 1.42. The molecule has 11 heavy (non-hydrogen) atoms. The summed E-state index contributed by atoms with van der Waals surface area (Å²) in [4.78, 5) is 1.27. The molecular formula is C9H9BrS. The quantitative estimate of drug-likeness (QED) is 0.695. The van der Waals surface area contributed by atoms with E-state index >= 15 is 0 Å². The van der Waals surface area contributed by atoms with Gasteiger partial charge in [0.2, 0.25) is 0 Å². The summed E-state index contributed by atoms with van der Waals surface area (Å²) >= 11 is 5.18. The van der Waals surface area contributed by atoms with Gasteiger partial charge in [-0.1, -0.05) is 28.6 Å². The van der Waals surface area contributed by atoms with Crippen LogP contribution in [0.1, 0.15) is 5.56 Å². The molecule has 0 atom stereocenters. The Balaban J connectivity index is 3.12. The van der Waals surface area contributed by atoms with Crippen molar-refractivity contribution in [2.24, 2.45) is 0 Å². The lowest BCUT2D eigenvalue weighted by Gasteiger charge is -2.00. The van der Waals surface area contributed by atoms with Crippen molar-refractivity contribution in [2.75, 3.05) is 6.26 Å². The monoisotopic (exact) mass is 228 g/mol. The van der Waals surface area contributed by atoms with Crippen molar-refractivity contribution in [2.45, 2.75) is 4.90 Å². The number of hydrogen-bond acceptors (Lipinski definition) is 1. The summed E-state index contributed by atoms with van der Waals surface area (Å²) < 4.78 is 1.10. The SMILES string of the molecule is C=Cc1cc(SC)ccc1Br. The highest BCUT2D eigenvalue weighted by Gasteiger charge is 1.95. The molecule has 58 valence electrons. The molecule has 1 aromatic rings. The molecule has 0 saturated carbocycles. The maximum Gasteiger partial charge on any atom is 0.0248 e. The standard InChI is InChI=1S/C9H9BrS/c1-3-7-6-8(11-2)4-5-9(7)10/h3-6H,1H2,2H3. The van der Waals surface area contributed by atoms with Crippen LogP contribution in [0.2, 0.25) is 0 Å².